The van der Waals surface area contributed by atoms with Gasteiger partial charge in [-0.25, -0.2) is 4.79 Å². The number of carbonyl (C=O) groups is 1. The Morgan fingerprint density at radius 1 is 1.40 bits per heavy atom. The maximum atomic E-state index is 11.0. The molecule has 1 N–H and O–H groups in total. The van der Waals surface area contributed by atoms with Gasteiger partial charge in [0.2, 0.25) is 0 Å². The Balaban J connectivity index is 2.20. The molecule has 1 radical (unpaired) electrons. The molecule has 1 aliphatic rings. The average Bonchev–Trinajstić information content (AvgIpc) is 2.20. The Labute approximate surface area is 92.0 Å². The summed E-state index contributed by atoms with van der Waals surface area (Å²) in [6.45, 7) is 7.49. The monoisotopic (exact) mass is 213 g/mol. The third kappa shape index (κ3) is 4.51. The number of hydrogen-bond acceptors (Lipinski definition) is 3. The van der Waals surface area contributed by atoms with Crippen LogP contribution in [0.1, 0.15) is 26.7 Å². The molecule has 4 heteroatoms. The van der Waals surface area contributed by atoms with Crippen LogP contribution < -0.4 is 5.32 Å². The summed E-state index contributed by atoms with van der Waals surface area (Å²) < 4.78 is 4.58. The first-order valence-corrected chi connectivity index (χ1v) is 5.47. The number of rotatable bonds is 3. The second-order valence-electron chi connectivity index (χ2n) is 4.39. The van der Waals surface area contributed by atoms with Crippen LogP contribution in [0.2, 0.25) is 0 Å². The summed E-state index contributed by atoms with van der Waals surface area (Å²) in [6, 6.07) is 0.283. The fourth-order valence-electron chi connectivity index (χ4n) is 1.91. The standard InChI is InChI=1S/C11H21N2O2/c1-9(2)8-13-6-4-10(5-7-13)12-11(14)15-3/h10H,4-8H2,1-3H3,(H,12,14). The number of ether oxygens (including phenoxy) is 1. The molecule has 4 nitrogen and oxygen atoms in total. The number of hydrogen-bond donors (Lipinski definition) is 1. The van der Waals surface area contributed by atoms with Gasteiger partial charge in [-0.15, -0.1) is 0 Å². The van der Waals surface area contributed by atoms with E-state index in [-0.39, 0.29) is 12.1 Å². The van der Waals surface area contributed by atoms with Crippen LogP contribution in [0.4, 0.5) is 4.79 Å². The zero-order valence-electron chi connectivity index (χ0n) is 9.88. The molecule has 0 unspecified atom stereocenters. The molecule has 0 aromatic rings. The van der Waals surface area contributed by atoms with E-state index in [0.29, 0.717) is 0 Å². The highest BCUT2D eigenvalue weighted by molar-refractivity contribution is 5.67. The highest BCUT2D eigenvalue weighted by Crippen LogP contribution is 2.12. The number of carbonyl (C=O) groups excluding carboxylic acids is 1. The van der Waals surface area contributed by atoms with Crippen molar-refractivity contribution in [3.63, 3.8) is 0 Å². The van der Waals surface area contributed by atoms with Gasteiger partial charge >= 0.3 is 6.09 Å². The van der Waals surface area contributed by atoms with Gasteiger partial charge in [-0.3, -0.25) is 0 Å². The summed E-state index contributed by atoms with van der Waals surface area (Å²) in [4.78, 5) is 13.4. The van der Waals surface area contributed by atoms with Crippen molar-refractivity contribution in [2.24, 2.45) is 0 Å². The largest absolute Gasteiger partial charge is 0.453 e. The Bertz CT molecular complexity index is 199. The molecule has 0 aliphatic carbocycles. The SMILES string of the molecule is COC(=O)NC1CCN(C[C](C)C)CC1. The molecule has 87 valence electrons. The Morgan fingerprint density at radius 3 is 2.47 bits per heavy atom. The van der Waals surface area contributed by atoms with Gasteiger partial charge in [-0.1, -0.05) is 13.8 Å². The molecule has 0 saturated carbocycles. The van der Waals surface area contributed by atoms with E-state index < -0.39 is 0 Å². The molecule has 0 atom stereocenters. The molecule has 1 heterocycles. The zero-order chi connectivity index (χ0) is 11.3. The van der Waals surface area contributed by atoms with Crippen LogP contribution >= 0.6 is 0 Å². The summed E-state index contributed by atoms with van der Waals surface area (Å²) in [5.41, 5.74) is 0. The summed E-state index contributed by atoms with van der Waals surface area (Å²) in [6.07, 6.45) is 1.72. The van der Waals surface area contributed by atoms with Gasteiger partial charge in [0.25, 0.3) is 0 Å². The molecule has 1 aliphatic heterocycles. The first kappa shape index (κ1) is 12.3. The lowest BCUT2D eigenvalue weighted by Gasteiger charge is -2.32. The highest BCUT2D eigenvalue weighted by Gasteiger charge is 2.20. The van der Waals surface area contributed by atoms with E-state index in [9.17, 15) is 4.79 Å². The molecule has 0 aromatic carbocycles. The summed E-state index contributed by atoms with van der Waals surface area (Å²) in [5, 5.41) is 2.85. The number of nitrogens with one attached hydrogen (secondary N) is 1. The van der Waals surface area contributed by atoms with Gasteiger partial charge in [-0.2, -0.15) is 0 Å². The molecular formula is C11H21N2O2. The van der Waals surface area contributed by atoms with E-state index >= 15 is 0 Å². The second-order valence-corrected chi connectivity index (χ2v) is 4.39. The molecule has 1 amide bonds. The first-order valence-electron chi connectivity index (χ1n) is 5.47. The van der Waals surface area contributed by atoms with Crippen LogP contribution in [0.25, 0.3) is 0 Å². The van der Waals surface area contributed by atoms with E-state index in [1.54, 1.807) is 0 Å². The topological polar surface area (TPSA) is 41.6 Å². The normalized spacial score (nSPS) is 19.2. The third-order valence-electron chi connectivity index (χ3n) is 2.63. The maximum Gasteiger partial charge on any atom is 0.407 e. The number of nitrogens with zero attached hydrogens (tertiary/aromatic N) is 1. The molecule has 1 saturated heterocycles. The van der Waals surface area contributed by atoms with Crippen LogP contribution in [-0.4, -0.2) is 43.8 Å². The van der Waals surface area contributed by atoms with Gasteiger partial charge in [0.1, 0.15) is 0 Å². The Hall–Kier alpha value is -0.770. The Kier molecular flexibility index (Phi) is 4.88. The zero-order valence-corrected chi connectivity index (χ0v) is 9.88. The number of amides is 1. The van der Waals surface area contributed by atoms with Gasteiger partial charge in [0, 0.05) is 25.7 Å². The lowest BCUT2D eigenvalue weighted by Crippen LogP contribution is -2.45. The average molecular weight is 213 g/mol. The minimum atomic E-state index is -0.313. The van der Waals surface area contributed by atoms with E-state index in [1.807, 2.05) is 0 Å². The molecule has 1 rings (SSSR count). The summed E-state index contributed by atoms with van der Waals surface area (Å²) in [5.74, 6) is 1.44. The molecule has 1 fully saturated rings. The summed E-state index contributed by atoms with van der Waals surface area (Å²) >= 11 is 0. The molecule has 15 heavy (non-hydrogen) atoms. The van der Waals surface area contributed by atoms with Gasteiger partial charge in [0.15, 0.2) is 0 Å². The minimum Gasteiger partial charge on any atom is -0.453 e. The van der Waals surface area contributed by atoms with Crippen molar-refractivity contribution in [2.45, 2.75) is 32.7 Å². The van der Waals surface area contributed by atoms with Crippen LogP contribution in [0, 0.1) is 5.92 Å². The maximum absolute atomic E-state index is 11.0. The van der Waals surface area contributed by atoms with Crippen molar-refractivity contribution < 1.29 is 9.53 Å². The van der Waals surface area contributed by atoms with Gasteiger partial charge in [-0.05, 0) is 18.8 Å². The lowest BCUT2D eigenvalue weighted by molar-refractivity contribution is 0.153. The number of piperidine rings is 1. The fourth-order valence-corrected chi connectivity index (χ4v) is 1.91. The third-order valence-corrected chi connectivity index (χ3v) is 2.63. The number of alkyl carbamates (subject to hydrolysis) is 1. The molecule has 0 spiro atoms. The highest BCUT2D eigenvalue weighted by atomic mass is 16.5. The van der Waals surface area contributed by atoms with Crippen molar-refractivity contribution >= 4 is 6.09 Å². The predicted octanol–water partition coefficient (Wildman–Crippen LogP) is 1.42. The van der Waals surface area contributed by atoms with Crippen molar-refractivity contribution in [1.82, 2.24) is 10.2 Å². The van der Waals surface area contributed by atoms with Crippen molar-refractivity contribution in [1.29, 1.82) is 0 Å². The van der Waals surface area contributed by atoms with Crippen molar-refractivity contribution in [3.8, 4) is 0 Å². The molecule has 0 aromatic heterocycles. The van der Waals surface area contributed by atoms with Gasteiger partial charge < -0.3 is 15.0 Å². The first-order chi connectivity index (χ1) is 7.11. The summed E-state index contributed by atoms with van der Waals surface area (Å²) in [7, 11) is 1.40. The van der Waals surface area contributed by atoms with E-state index in [1.165, 1.54) is 13.0 Å². The van der Waals surface area contributed by atoms with Crippen LogP contribution in [0.15, 0.2) is 0 Å². The van der Waals surface area contributed by atoms with Gasteiger partial charge in [0.05, 0.1) is 7.11 Å². The van der Waals surface area contributed by atoms with Crippen LogP contribution in [0.5, 0.6) is 0 Å². The van der Waals surface area contributed by atoms with Crippen LogP contribution in [0.3, 0.4) is 0 Å². The molecular weight excluding hydrogens is 192 g/mol. The quantitative estimate of drug-likeness (QED) is 0.771. The minimum absolute atomic E-state index is 0.283. The van der Waals surface area contributed by atoms with E-state index in [0.717, 1.165) is 32.5 Å². The van der Waals surface area contributed by atoms with Crippen LogP contribution in [-0.2, 0) is 4.74 Å². The number of likely N-dealkylation sites (tertiary alicyclic amines) is 1. The lowest BCUT2D eigenvalue weighted by atomic mass is 10.0. The Morgan fingerprint density at radius 2 is 2.00 bits per heavy atom. The smallest absolute Gasteiger partial charge is 0.407 e. The van der Waals surface area contributed by atoms with E-state index in [2.05, 4.69) is 28.8 Å². The predicted molar refractivity (Wildman–Crippen MR) is 59.6 cm³/mol. The van der Waals surface area contributed by atoms with Crippen molar-refractivity contribution in [2.75, 3.05) is 26.7 Å². The molecule has 0 bridgehead atoms. The fraction of sp³-hybridized carbons (Fsp3) is 0.818. The van der Waals surface area contributed by atoms with Crippen molar-refractivity contribution in [3.05, 3.63) is 5.92 Å². The second kappa shape index (κ2) is 5.95. The van der Waals surface area contributed by atoms with E-state index in [4.69, 9.17) is 0 Å². The number of methoxy groups -OCH3 is 1.